The quantitative estimate of drug-likeness (QED) is 0.381. The number of likely N-dealkylation sites (tertiary alicyclic amines) is 1. The molecule has 1 aliphatic carbocycles. The molecule has 1 atom stereocenters. The van der Waals surface area contributed by atoms with E-state index in [-0.39, 0.29) is 6.09 Å². The summed E-state index contributed by atoms with van der Waals surface area (Å²) < 4.78 is 5.22. The first-order valence-corrected chi connectivity index (χ1v) is 10.1. The number of nitrogens with one attached hydrogen (secondary N) is 3. The molecule has 0 aromatic rings. The minimum atomic E-state index is -0.456. The number of alkyl carbamates (subject to hydrolysis) is 1. The molecule has 150 valence electrons. The Hall–Kier alpha value is -1.50. The van der Waals surface area contributed by atoms with Crippen molar-refractivity contribution in [2.24, 2.45) is 4.99 Å². The van der Waals surface area contributed by atoms with Crippen molar-refractivity contribution in [3.05, 3.63) is 0 Å². The van der Waals surface area contributed by atoms with Crippen LogP contribution in [0, 0.1) is 0 Å². The predicted octanol–water partition coefficient (Wildman–Crippen LogP) is 2.08. The van der Waals surface area contributed by atoms with Gasteiger partial charge in [-0.1, -0.05) is 12.8 Å². The zero-order valence-corrected chi connectivity index (χ0v) is 16.9. The highest BCUT2D eigenvalue weighted by molar-refractivity contribution is 5.80. The average Bonchev–Trinajstić information content (AvgIpc) is 3.23. The van der Waals surface area contributed by atoms with Crippen molar-refractivity contribution in [1.82, 2.24) is 20.9 Å². The van der Waals surface area contributed by atoms with Crippen LogP contribution in [0.4, 0.5) is 4.79 Å². The number of carbonyl (C=O) groups excluding carboxylic acids is 1. The van der Waals surface area contributed by atoms with Crippen LogP contribution in [-0.2, 0) is 4.74 Å². The van der Waals surface area contributed by atoms with E-state index in [0.29, 0.717) is 12.6 Å². The Morgan fingerprint density at radius 1 is 1.15 bits per heavy atom. The Balaban J connectivity index is 1.57. The fraction of sp³-hybridized carbons (Fsp3) is 0.895. The summed E-state index contributed by atoms with van der Waals surface area (Å²) in [5, 5.41) is 9.64. The number of carbonyl (C=O) groups is 1. The third kappa shape index (κ3) is 7.40. The van der Waals surface area contributed by atoms with Gasteiger partial charge in [-0.2, -0.15) is 0 Å². The van der Waals surface area contributed by atoms with Gasteiger partial charge in [0.2, 0.25) is 0 Å². The molecule has 0 aromatic carbocycles. The molecule has 2 fully saturated rings. The minimum absolute atomic E-state index is 0.363. The van der Waals surface area contributed by atoms with Crippen LogP contribution in [0.5, 0.6) is 0 Å². The Morgan fingerprint density at radius 2 is 1.85 bits per heavy atom. The van der Waals surface area contributed by atoms with Crippen LogP contribution in [0.3, 0.4) is 0 Å². The van der Waals surface area contributed by atoms with Crippen molar-refractivity contribution < 1.29 is 9.53 Å². The van der Waals surface area contributed by atoms with Gasteiger partial charge >= 0.3 is 6.09 Å². The van der Waals surface area contributed by atoms with Crippen LogP contribution in [0.2, 0.25) is 0 Å². The SMILES string of the molecule is CN=C(NCCCNC(=O)OC(C)(C)C)NC1CCN(C2CCCC2)C1. The van der Waals surface area contributed by atoms with Gasteiger partial charge in [0.15, 0.2) is 5.96 Å². The highest BCUT2D eigenvalue weighted by Crippen LogP contribution is 2.26. The second-order valence-electron chi connectivity index (χ2n) is 8.34. The van der Waals surface area contributed by atoms with Crippen LogP contribution < -0.4 is 16.0 Å². The Kier molecular flexibility index (Phi) is 8.00. The molecule has 0 bridgehead atoms. The molecule has 7 nitrogen and oxygen atoms in total. The number of nitrogens with zero attached hydrogens (tertiary/aromatic N) is 2. The second-order valence-corrected chi connectivity index (χ2v) is 8.34. The summed E-state index contributed by atoms with van der Waals surface area (Å²) in [5.74, 6) is 0.848. The standard InChI is InChI=1S/C19H37N5O2/c1-19(2,3)26-18(25)22-12-7-11-21-17(20-4)23-15-10-13-24(14-15)16-8-5-6-9-16/h15-16H,5-14H2,1-4H3,(H,22,25)(H2,20,21,23). The monoisotopic (exact) mass is 367 g/mol. The van der Waals surface area contributed by atoms with Crippen LogP contribution in [-0.4, -0.2) is 67.9 Å². The number of ether oxygens (including phenoxy) is 1. The molecule has 2 rings (SSSR count). The van der Waals surface area contributed by atoms with Gasteiger partial charge < -0.3 is 20.7 Å². The Morgan fingerprint density at radius 3 is 2.50 bits per heavy atom. The van der Waals surface area contributed by atoms with Gasteiger partial charge in [0.05, 0.1) is 0 Å². The summed E-state index contributed by atoms with van der Waals surface area (Å²) >= 11 is 0. The summed E-state index contributed by atoms with van der Waals surface area (Å²) in [4.78, 5) is 18.5. The van der Waals surface area contributed by atoms with E-state index in [1.54, 1.807) is 7.05 Å². The highest BCUT2D eigenvalue weighted by Gasteiger charge is 2.30. The number of guanidine groups is 1. The van der Waals surface area contributed by atoms with E-state index in [1.165, 1.54) is 38.6 Å². The molecule has 1 aliphatic heterocycles. The molecular weight excluding hydrogens is 330 g/mol. The first-order valence-electron chi connectivity index (χ1n) is 10.1. The van der Waals surface area contributed by atoms with E-state index >= 15 is 0 Å². The summed E-state index contributed by atoms with van der Waals surface area (Å²) in [5.41, 5.74) is -0.456. The van der Waals surface area contributed by atoms with E-state index in [4.69, 9.17) is 4.74 Å². The molecule has 0 radical (unpaired) electrons. The lowest BCUT2D eigenvalue weighted by molar-refractivity contribution is 0.0527. The fourth-order valence-electron chi connectivity index (χ4n) is 3.69. The third-order valence-corrected chi connectivity index (χ3v) is 4.94. The molecule has 7 heteroatoms. The first-order chi connectivity index (χ1) is 12.4. The smallest absolute Gasteiger partial charge is 0.407 e. The largest absolute Gasteiger partial charge is 0.444 e. The zero-order chi connectivity index (χ0) is 19.0. The molecule has 1 amide bonds. The molecule has 1 saturated carbocycles. The fourth-order valence-corrected chi connectivity index (χ4v) is 3.69. The minimum Gasteiger partial charge on any atom is -0.444 e. The summed E-state index contributed by atoms with van der Waals surface area (Å²) in [6.07, 6.45) is 7.14. The highest BCUT2D eigenvalue weighted by atomic mass is 16.6. The lowest BCUT2D eigenvalue weighted by atomic mass is 10.2. The summed E-state index contributed by atoms with van der Waals surface area (Å²) in [7, 11) is 1.80. The van der Waals surface area contributed by atoms with Crippen molar-refractivity contribution in [3.8, 4) is 0 Å². The topological polar surface area (TPSA) is 78.0 Å². The normalized spacial score (nSPS) is 22.5. The lowest BCUT2D eigenvalue weighted by Gasteiger charge is -2.24. The van der Waals surface area contributed by atoms with Crippen molar-refractivity contribution in [1.29, 1.82) is 0 Å². The van der Waals surface area contributed by atoms with Gasteiger partial charge in [-0.25, -0.2) is 4.79 Å². The third-order valence-electron chi connectivity index (χ3n) is 4.94. The van der Waals surface area contributed by atoms with Gasteiger partial charge in [0, 0.05) is 45.3 Å². The maximum absolute atomic E-state index is 11.6. The molecule has 0 spiro atoms. The van der Waals surface area contributed by atoms with E-state index < -0.39 is 5.60 Å². The van der Waals surface area contributed by atoms with Gasteiger partial charge in [-0.3, -0.25) is 9.89 Å². The maximum Gasteiger partial charge on any atom is 0.407 e. The van der Waals surface area contributed by atoms with Gasteiger partial charge in [-0.05, 0) is 46.5 Å². The maximum atomic E-state index is 11.6. The Labute approximate surface area is 158 Å². The van der Waals surface area contributed by atoms with Crippen LogP contribution in [0.1, 0.15) is 59.3 Å². The van der Waals surface area contributed by atoms with Gasteiger partial charge in [0.1, 0.15) is 5.60 Å². The van der Waals surface area contributed by atoms with Crippen molar-refractivity contribution in [2.45, 2.75) is 77.0 Å². The summed E-state index contributed by atoms with van der Waals surface area (Å²) in [6, 6.07) is 1.28. The lowest BCUT2D eigenvalue weighted by Crippen LogP contribution is -2.45. The van der Waals surface area contributed by atoms with Crippen LogP contribution in [0.15, 0.2) is 4.99 Å². The molecule has 26 heavy (non-hydrogen) atoms. The number of aliphatic imine (C=N–C) groups is 1. The molecule has 1 heterocycles. The van der Waals surface area contributed by atoms with E-state index in [9.17, 15) is 4.79 Å². The molecule has 0 aromatic heterocycles. The van der Waals surface area contributed by atoms with E-state index in [2.05, 4.69) is 25.8 Å². The number of amides is 1. The van der Waals surface area contributed by atoms with Crippen molar-refractivity contribution in [2.75, 3.05) is 33.2 Å². The number of hydrogen-bond donors (Lipinski definition) is 3. The van der Waals surface area contributed by atoms with Crippen LogP contribution in [0.25, 0.3) is 0 Å². The zero-order valence-electron chi connectivity index (χ0n) is 16.9. The average molecular weight is 368 g/mol. The number of hydrogen-bond acceptors (Lipinski definition) is 4. The van der Waals surface area contributed by atoms with Gasteiger partial charge in [0.25, 0.3) is 0 Å². The molecule has 1 saturated heterocycles. The molecule has 2 aliphatic rings. The molecule has 1 unspecified atom stereocenters. The predicted molar refractivity (Wildman–Crippen MR) is 106 cm³/mol. The Bertz CT molecular complexity index is 469. The van der Waals surface area contributed by atoms with Gasteiger partial charge in [-0.15, -0.1) is 0 Å². The van der Waals surface area contributed by atoms with Crippen molar-refractivity contribution >= 4 is 12.1 Å². The van der Waals surface area contributed by atoms with Crippen LogP contribution >= 0.6 is 0 Å². The summed E-state index contributed by atoms with van der Waals surface area (Å²) in [6.45, 7) is 9.24. The van der Waals surface area contributed by atoms with Crippen molar-refractivity contribution in [3.63, 3.8) is 0 Å². The second kappa shape index (κ2) is 10.00. The number of rotatable bonds is 6. The first kappa shape index (κ1) is 20.8. The molecule has 3 N–H and O–H groups in total. The van der Waals surface area contributed by atoms with E-state index in [0.717, 1.165) is 31.5 Å². The molecular formula is C19H37N5O2. The van der Waals surface area contributed by atoms with E-state index in [1.807, 2.05) is 20.8 Å².